The summed E-state index contributed by atoms with van der Waals surface area (Å²) in [6.07, 6.45) is -13.2. The molecule has 0 amide bonds. The zero-order valence-corrected chi connectivity index (χ0v) is 12.2. The van der Waals surface area contributed by atoms with Crippen LogP contribution in [0.1, 0.15) is 22.7 Å². The third-order valence-electron chi connectivity index (χ3n) is 3.79. The topological polar surface area (TPSA) is 15.3 Å². The van der Waals surface area contributed by atoms with Gasteiger partial charge >= 0.3 is 12.4 Å². The Labute approximate surface area is 132 Å². The van der Waals surface area contributed by atoms with Gasteiger partial charge in [-0.25, -0.2) is 8.78 Å². The fraction of sp³-hybridized carbons (Fsp3) is 0.571. The van der Waals surface area contributed by atoms with Crippen molar-refractivity contribution in [1.82, 2.24) is 10.2 Å². The molecule has 2 rings (SSSR count). The molecule has 10 heteroatoms. The largest absolute Gasteiger partial charge is 0.416 e. The molecule has 1 aliphatic heterocycles. The number of rotatable bonds is 3. The van der Waals surface area contributed by atoms with Gasteiger partial charge in [0.15, 0.2) is 0 Å². The van der Waals surface area contributed by atoms with Gasteiger partial charge in [-0.2, -0.15) is 26.3 Å². The van der Waals surface area contributed by atoms with Gasteiger partial charge in [-0.05, 0) is 23.8 Å². The van der Waals surface area contributed by atoms with Crippen molar-refractivity contribution < 1.29 is 35.1 Å². The average Bonchev–Trinajstić information content (AvgIpc) is 2.46. The Kier molecular flexibility index (Phi) is 5.38. The minimum absolute atomic E-state index is 0.0164. The van der Waals surface area contributed by atoms with Crippen LogP contribution in [0.5, 0.6) is 0 Å². The molecule has 0 unspecified atom stereocenters. The first kappa shape index (κ1) is 18.9. The third kappa shape index (κ3) is 4.15. The highest BCUT2D eigenvalue weighted by atomic mass is 19.4. The average molecular weight is 362 g/mol. The monoisotopic (exact) mass is 362 g/mol. The van der Waals surface area contributed by atoms with Gasteiger partial charge in [0.25, 0.3) is 6.43 Å². The van der Waals surface area contributed by atoms with E-state index >= 15 is 0 Å². The second-order valence-electron chi connectivity index (χ2n) is 5.36. The molecular formula is C14H14F8N2. The first-order valence-corrected chi connectivity index (χ1v) is 7.03. The molecule has 0 aliphatic carbocycles. The summed E-state index contributed by atoms with van der Waals surface area (Å²) in [5.41, 5.74) is -3.90. The van der Waals surface area contributed by atoms with Crippen molar-refractivity contribution in [2.24, 2.45) is 0 Å². The van der Waals surface area contributed by atoms with E-state index < -0.39 is 41.5 Å². The van der Waals surface area contributed by atoms with Crippen LogP contribution in [0.25, 0.3) is 0 Å². The van der Waals surface area contributed by atoms with Crippen molar-refractivity contribution in [3.63, 3.8) is 0 Å². The fourth-order valence-corrected chi connectivity index (χ4v) is 2.69. The van der Waals surface area contributed by atoms with Gasteiger partial charge in [-0.3, -0.25) is 4.90 Å². The van der Waals surface area contributed by atoms with Crippen LogP contribution in [0.3, 0.4) is 0 Å². The van der Waals surface area contributed by atoms with Gasteiger partial charge in [0.05, 0.1) is 17.2 Å². The molecule has 1 atom stereocenters. The Morgan fingerprint density at radius 2 is 1.50 bits per heavy atom. The molecule has 1 aromatic carbocycles. The zero-order valence-electron chi connectivity index (χ0n) is 12.2. The van der Waals surface area contributed by atoms with Gasteiger partial charge in [0.1, 0.15) is 0 Å². The third-order valence-corrected chi connectivity index (χ3v) is 3.79. The molecule has 0 saturated carbocycles. The lowest BCUT2D eigenvalue weighted by atomic mass is 9.95. The summed E-state index contributed by atoms with van der Waals surface area (Å²) in [7, 11) is 0. The van der Waals surface area contributed by atoms with Crippen LogP contribution < -0.4 is 5.32 Å². The molecule has 1 aromatic rings. The molecule has 1 fully saturated rings. The second kappa shape index (κ2) is 6.83. The molecule has 0 radical (unpaired) electrons. The van der Waals surface area contributed by atoms with E-state index in [0.29, 0.717) is 0 Å². The lowest BCUT2D eigenvalue weighted by Gasteiger charge is -2.36. The van der Waals surface area contributed by atoms with Crippen LogP contribution >= 0.6 is 0 Å². The lowest BCUT2D eigenvalue weighted by molar-refractivity contribution is -0.143. The number of nitrogens with one attached hydrogen (secondary N) is 1. The van der Waals surface area contributed by atoms with E-state index in [0.717, 1.165) is 4.90 Å². The SMILES string of the molecule is FC(F)[C@@H](c1cc(C(F)(F)F)ccc1C(F)(F)F)N1CCNCC1. The number of hydrogen-bond acceptors (Lipinski definition) is 2. The highest BCUT2D eigenvalue weighted by molar-refractivity contribution is 5.38. The molecule has 1 N–H and O–H groups in total. The first-order chi connectivity index (χ1) is 11.0. The van der Waals surface area contributed by atoms with Crippen LogP contribution in [-0.2, 0) is 12.4 Å². The summed E-state index contributed by atoms with van der Waals surface area (Å²) >= 11 is 0. The van der Waals surface area contributed by atoms with E-state index in [-0.39, 0.29) is 44.4 Å². The van der Waals surface area contributed by atoms with E-state index in [2.05, 4.69) is 5.32 Å². The summed E-state index contributed by atoms with van der Waals surface area (Å²) in [5, 5.41) is 2.85. The van der Waals surface area contributed by atoms with Gasteiger partial charge in [0.2, 0.25) is 0 Å². The van der Waals surface area contributed by atoms with Crippen LogP contribution in [-0.4, -0.2) is 37.5 Å². The molecular weight excluding hydrogens is 348 g/mol. The number of hydrogen-bond donors (Lipinski definition) is 1. The Morgan fingerprint density at radius 1 is 0.917 bits per heavy atom. The molecule has 24 heavy (non-hydrogen) atoms. The molecule has 0 aromatic heterocycles. The van der Waals surface area contributed by atoms with Crippen LogP contribution in [0, 0.1) is 0 Å². The number of benzene rings is 1. The summed E-state index contributed by atoms with van der Waals surface area (Å²) in [4.78, 5) is 1.08. The predicted octanol–water partition coefficient (Wildman–Crippen LogP) is 3.94. The van der Waals surface area contributed by atoms with Crippen molar-refractivity contribution in [1.29, 1.82) is 0 Å². The Hall–Kier alpha value is -1.42. The van der Waals surface area contributed by atoms with Gasteiger partial charge < -0.3 is 5.32 Å². The van der Waals surface area contributed by atoms with E-state index in [1.807, 2.05) is 0 Å². The van der Waals surface area contributed by atoms with Gasteiger partial charge in [0, 0.05) is 26.2 Å². The molecule has 136 valence electrons. The minimum Gasteiger partial charge on any atom is -0.314 e. The maximum Gasteiger partial charge on any atom is 0.416 e. The quantitative estimate of drug-likeness (QED) is 0.820. The highest BCUT2D eigenvalue weighted by Gasteiger charge is 2.42. The van der Waals surface area contributed by atoms with Gasteiger partial charge in [-0.1, -0.05) is 0 Å². The maximum atomic E-state index is 13.5. The lowest BCUT2D eigenvalue weighted by Crippen LogP contribution is -2.47. The number of halogens is 8. The maximum absolute atomic E-state index is 13.5. The van der Waals surface area contributed by atoms with Crippen LogP contribution in [0.15, 0.2) is 18.2 Å². The molecule has 1 saturated heterocycles. The van der Waals surface area contributed by atoms with Crippen molar-refractivity contribution in [3.8, 4) is 0 Å². The number of alkyl halides is 8. The number of piperazine rings is 1. The predicted molar refractivity (Wildman–Crippen MR) is 69.6 cm³/mol. The van der Waals surface area contributed by atoms with Crippen molar-refractivity contribution >= 4 is 0 Å². The van der Waals surface area contributed by atoms with Crippen molar-refractivity contribution in [3.05, 3.63) is 34.9 Å². The number of nitrogens with zero attached hydrogens (tertiary/aromatic N) is 1. The fourth-order valence-electron chi connectivity index (χ4n) is 2.69. The zero-order chi connectivity index (χ0) is 18.1. The van der Waals surface area contributed by atoms with Gasteiger partial charge in [-0.15, -0.1) is 0 Å². The standard InChI is InChI=1S/C14H14F8N2/c15-12(16)11(24-5-3-23-4-6-24)9-7-8(13(17,18)19)1-2-10(9)14(20,21)22/h1-2,7,11-12,23H,3-6H2/t11-/m1/s1. The molecule has 1 aliphatic rings. The first-order valence-electron chi connectivity index (χ1n) is 7.03. The minimum atomic E-state index is -5.03. The Morgan fingerprint density at radius 3 is 1.96 bits per heavy atom. The molecule has 0 spiro atoms. The summed E-state index contributed by atoms with van der Waals surface area (Å²) in [5.74, 6) is 0. The normalized spacial score (nSPS) is 18.9. The molecule has 2 nitrogen and oxygen atoms in total. The summed E-state index contributed by atoms with van der Waals surface area (Å²) in [6, 6.07) is -1.39. The molecule has 0 bridgehead atoms. The second-order valence-corrected chi connectivity index (χ2v) is 5.36. The van der Waals surface area contributed by atoms with Crippen LogP contribution in [0.4, 0.5) is 35.1 Å². The Bertz CT molecular complexity index is 561. The van der Waals surface area contributed by atoms with E-state index in [1.54, 1.807) is 0 Å². The Balaban J connectivity index is 2.57. The van der Waals surface area contributed by atoms with Crippen LogP contribution in [0.2, 0.25) is 0 Å². The van der Waals surface area contributed by atoms with E-state index in [9.17, 15) is 35.1 Å². The smallest absolute Gasteiger partial charge is 0.314 e. The molecule has 1 heterocycles. The van der Waals surface area contributed by atoms with Crippen molar-refractivity contribution in [2.45, 2.75) is 24.8 Å². The van der Waals surface area contributed by atoms with Crippen molar-refractivity contribution in [2.75, 3.05) is 26.2 Å². The highest BCUT2D eigenvalue weighted by Crippen LogP contribution is 2.41. The van der Waals surface area contributed by atoms with E-state index in [1.165, 1.54) is 0 Å². The summed E-state index contributed by atoms with van der Waals surface area (Å²) in [6.45, 7) is 0.568. The van der Waals surface area contributed by atoms with E-state index in [4.69, 9.17) is 0 Å². The summed E-state index contributed by atoms with van der Waals surface area (Å²) < 4.78 is 105.